The molecule has 0 aliphatic rings. The van der Waals surface area contributed by atoms with Gasteiger partial charge in [-0.05, 0) is 19.1 Å². The second-order valence-corrected chi connectivity index (χ2v) is 3.49. The first-order valence-corrected chi connectivity index (χ1v) is 4.09. The van der Waals surface area contributed by atoms with E-state index in [0.717, 1.165) is 4.88 Å². The number of rotatable bonds is 3. The van der Waals surface area contributed by atoms with Crippen LogP contribution in [0, 0.1) is 6.92 Å². The van der Waals surface area contributed by atoms with Gasteiger partial charge < -0.3 is 4.79 Å². The summed E-state index contributed by atoms with van der Waals surface area (Å²) in [6.07, 6.45) is 0.636. The summed E-state index contributed by atoms with van der Waals surface area (Å²) < 4.78 is 0. The molecule has 1 heterocycles. The van der Waals surface area contributed by atoms with Crippen LogP contribution in [0.3, 0.4) is 0 Å². The summed E-state index contributed by atoms with van der Waals surface area (Å²) >= 11 is 1.43. The molecule has 2 nitrogen and oxygen atoms in total. The number of carbonyl (C=O) groups excluding carboxylic acids is 2. The van der Waals surface area contributed by atoms with Crippen molar-refractivity contribution in [1.29, 1.82) is 0 Å². The van der Waals surface area contributed by atoms with E-state index in [0.29, 0.717) is 11.2 Å². The average Bonchev–Trinajstić information content (AvgIpc) is 2.36. The summed E-state index contributed by atoms with van der Waals surface area (Å²) in [4.78, 5) is 22.8. The molecule has 0 aliphatic heterocycles. The van der Waals surface area contributed by atoms with E-state index >= 15 is 0 Å². The van der Waals surface area contributed by atoms with Crippen molar-refractivity contribution in [2.75, 3.05) is 0 Å². The van der Waals surface area contributed by atoms with Crippen LogP contribution >= 0.6 is 11.3 Å². The first kappa shape index (κ1) is 8.14. The Morgan fingerprint density at radius 3 is 2.82 bits per heavy atom. The maximum Gasteiger partial charge on any atom is 0.179 e. The summed E-state index contributed by atoms with van der Waals surface area (Å²) in [5, 5.41) is 0. The fourth-order valence-electron chi connectivity index (χ4n) is 0.761. The number of ketones is 1. The third-order valence-electron chi connectivity index (χ3n) is 1.28. The smallest absolute Gasteiger partial charge is 0.179 e. The molecule has 0 amide bonds. The second-order valence-electron chi connectivity index (χ2n) is 2.20. The van der Waals surface area contributed by atoms with Crippen molar-refractivity contribution in [1.82, 2.24) is 0 Å². The van der Waals surface area contributed by atoms with Crippen LogP contribution in [0.15, 0.2) is 12.1 Å². The predicted octanol–water partition coefficient (Wildman–Crippen LogP) is 1.83. The van der Waals surface area contributed by atoms with E-state index in [4.69, 9.17) is 0 Å². The molecule has 0 aromatic carbocycles. The predicted molar refractivity (Wildman–Crippen MR) is 44.1 cm³/mol. The number of aldehydes is 1. The molecule has 0 atom stereocenters. The molecule has 1 rings (SSSR count). The van der Waals surface area contributed by atoms with E-state index < -0.39 is 0 Å². The molecule has 58 valence electrons. The van der Waals surface area contributed by atoms with Crippen molar-refractivity contribution in [3.63, 3.8) is 0 Å². The highest BCUT2D eigenvalue weighted by molar-refractivity contribution is 7.14. The van der Waals surface area contributed by atoms with E-state index in [1.165, 1.54) is 11.3 Å². The molecule has 0 N–H and O–H groups in total. The molecule has 0 radical (unpaired) electrons. The van der Waals surface area contributed by atoms with Crippen LogP contribution < -0.4 is 0 Å². The van der Waals surface area contributed by atoms with Gasteiger partial charge in [0, 0.05) is 4.88 Å². The molecule has 0 fully saturated rings. The zero-order valence-electron chi connectivity index (χ0n) is 6.16. The lowest BCUT2D eigenvalue weighted by Gasteiger charge is -1.86. The highest BCUT2D eigenvalue weighted by atomic mass is 32.1. The zero-order valence-corrected chi connectivity index (χ0v) is 6.98. The molecule has 0 saturated carbocycles. The maximum absolute atomic E-state index is 11.0. The molecule has 0 unspecified atom stereocenters. The Bertz CT molecular complexity index is 275. The number of hydrogen-bond donors (Lipinski definition) is 0. The van der Waals surface area contributed by atoms with Crippen molar-refractivity contribution in [3.05, 3.63) is 21.9 Å². The molecule has 11 heavy (non-hydrogen) atoms. The van der Waals surface area contributed by atoms with E-state index in [1.807, 2.05) is 13.0 Å². The molecule has 0 aliphatic carbocycles. The van der Waals surface area contributed by atoms with Gasteiger partial charge in [0.2, 0.25) is 0 Å². The Kier molecular flexibility index (Phi) is 2.54. The van der Waals surface area contributed by atoms with Gasteiger partial charge in [0.25, 0.3) is 0 Å². The molecular weight excluding hydrogens is 160 g/mol. The van der Waals surface area contributed by atoms with Crippen LogP contribution in [0.2, 0.25) is 0 Å². The number of aryl methyl sites for hydroxylation is 1. The fourth-order valence-corrected chi connectivity index (χ4v) is 1.58. The quantitative estimate of drug-likeness (QED) is 0.392. The minimum atomic E-state index is -0.0851. The average molecular weight is 168 g/mol. The fraction of sp³-hybridized carbons (Fsp3) is 0.250. The summed E-state index contributed by atoms with van der Waals surface area (Å²) in [6.45, 7) is 1.93. The minimum absolute atomic E-state index is 0.0000463. The van der Waals surface area contributed by atoms with E-state index in [-0.39, 0.29) is 12.2 Å². The lowest BCUT2D eigenvalue weighted by atomic mass is 10.2. The normalized spacial score (nSPS) is 9.55. The maximum atomic E-state index is 11.0. The summed E-state index contributed by atoms with van der Waals surface area (Å²) in [7, 11) is 0. The van der Waals surface area contributed by atoms with Crippen LogP contribution in [0.4, 0.5) is 0 Å². The third kappa shape index (κ3) is 1.98. The van der Waals surface area contributed by atoms with E-state index in [2.05, 4.69) is 0 Å². The molecule has 0 bridgehead atoms. The van der Waals surface area contributed by atoms with Crippen molar-refractivity contribution in [2.24, 2.45) is 0 Å². The Balaban J connectivity index is 2.76. The molecular formula is C8H8O2S. The molecule has 3 heteroatoms. The summed E-state index contributed by atoms with van der Waals surface area (Å²) in [5.74, 6) is -0.0851. The highest BCUT2D eigenvalue weighted by Crippen LogP contribution is 2.15. The van der Waals surface area contributed by atoms with Crippen molar-refractivity contribution >= 4 is 23.4 Å². The van der Waals surface area contributed by atoms with Crippen molar-refractivity contribution in [2.45, 2.75) is 13.3 Å². The van der Waals surface area contributed by atoms with Gasteiger partial charge in [-0.3, -0.25) is 4.79 Å². The molecule has 1 aromatic heterocycles. The monoisotopic (exact) mass is 168 g/mol. The molecule has 1 aromatic rings. The number of hydrogen-bond acceptors (Lipinski definition) is 3. The van der Waals surface area contributed by atoms with Gasteiger partial charge in [-0.15, -0.1) is 11.3 Å². The van der Waals surface area contributed by atoms with Gasteiger partial charge in [0.05, 0.1) is 11.3 Å². The van der Waals surface area contributed by atoms with Crippen LogP contribution in [0.25, 0.3) is 0 Å². The Labute approximate surface area is 68.9 Å². The summed E-state index contributed by atoms with van der Waals surface area (Å²) in [6, 6.07) is 3.63. The molecule has 0 spiro atoms. The van der Waals surface area contributed by atoms with E-state index in [9.17, 15) is 9.59 Å². The van der Waals surface area contributed by atoms with Crippen molar-refractivity contribution in [3.8, 4) is 0 Å². The number of carbonyl (C=O) groups is 2. The SMILES string of the molecule is Cc1ccc(C(=O)CC=O)s1. The summed E-state index contributed by atoms with van der Waals surface area (Å²) in [5.41, 5.74) is 0. The first-order valence-electron chi connectivity index (χ1n) is 3.27. The Morgan fingerprint density at radius 2 is 2.36 bits per heavy atom. The van der Waals surface area contributed by atoms with Crippen molar-refractivity contribution < 1.29 is 9.59 Å². The van der Waals surface area contributed by atoms with Crippen LogP contribution in [-0.4, -0.2) is 12.1 Å². The Hall–Kier alpha value is -0.960. The lowest BCUT2D eigenvalue weighted by Crippen LogP contribution is -1.95. The van der Waals surface area contributed by atoms with Crippen LogP contribution in [0.1, 0.15) is 21.0 Å². The van der Waals surface area contributed by atoms with Gasteiger partial charge in [-0.1, -0.05) is 0 Å². The van der Waals surface area contributed by atoms with Gasteiger partial charge in [-0.25, -0.2) is 0 Å². The Morgan fingerprint density at radius 1 is 1.64 bits per heavy atom. The third-order valence-corrected chi connectivity index (χ3v) is 2.33. The largest absolute Gasteiger partial charge is 0.303 e. The van der Waals surface area contributed by atoms with Gasteiger partial charge in [-0.2, -0.15) is 0 Å². The standard InChI is InChI=1S/C8H8O2S/c1-6-2-3-8(11-6)7(10)4-5-9/h2-3,5H,4H2,1H3. The lowest BCUT2D eigenvalue weighted by molar-refractivity contribution is -0.107. The van der Waals surface area contributed by atoms with Gasteiger partial charge in [0.15, 0.2) is 5.78 Å². The molecule has 0 saturated heterocycles. The second kappa shape index (κ2) is 3.44. The number of Topliss-reactive ketones (excluding diaryl/α,β-unsaturated/α-hetero) is 1. The topological polar surface area (TPSA) is 34.1 Å². The number of thiophene rings is 1. The van der Waals surface area contributed by atoms with Gasteiger partial charge in [0.1, 0.15) is 6.29 Å². The van der Waals surface area contributed by atoms with Gasteiger partial charge >= 0.3 is 0 Å². The van der Waals surface area contributed by atoms with Crippen LogP contribution in [0.5, 0.6) is 0 Å². The zero-order chi connectivity index (χ0) is 8.27. The first-order chi connectivity index (χ1) is 5.24. The van der Waals surface area contributed by atoms with Crippen LogP contribution in [-0.2, 0) is 4.79 Å². The van der Waals surface area contributed by atoms with E-state index in [1.54, 1.807) is 6.07 Å². The minimum Gasteiger partial charge on any atom is -0.303 e. The highest BCUT2D eigenvalue weighted by Gasteiger charge is 2.05.